The van der Waals surface area contributed by atoms with Crippen LogP contribution in [0.3, 0.4) is 0 Å². The summed E-state index contributed by atoms with van der Waals surface area (Å²) in [6, 6.07) is 15.6. The number of hydrogen-bond donors (Lipinski definition) is 1. The van der Waals surface area contributed by atoms with Crippen LogP contribution in [0, 0.1) is 0 Å². The Hall–Kier alpha value is -3.15. The Morgan fingerprint density at radius 3 is 1.80 bits per heavy atom. The van der Waals surface area contributed by atoms with Crippen LogP contribution < -0.4 is 0 Å². The molecule has 1 unspecified atom stereocenters. The smallest absolute Gasteiger partial charge is 0.408 e. The van der Waals surface area contributed by atoms with Crippen LogP contribution >= 0.6 is 0 Å². The summed E-state index contributed by atoms with van der Waals surface area (Å²) >= 11 is 0. The Morgan fingerprint density at radius 1 is 0.900 bits per heavy atom. The quantitative estimate of drug-likeness (QED) is 0.744. The number of fused-ring (bicyclic) bond motifs is 1. The number of carbonyl (C=O) groups excluding carboxylic acids is 2. The molecule has 0 aliphatic carbocycles. The fourth-order valence-electron chi connectivity index (χ4n) is 4.16. The Labute approximate surface area is 177 Å². The van der Waals surface area contributed by atoms with Crippen molar-refractivity contribution in [3.8, 4) is 0 Å². The average Bonchev–Trinajstić information content (AvgIpc) is 2.92. The highest BCUT2D eigenvalue weighted by Gasteiger charge is 2.46. The number of benzene rings is 2. The number of rotatable bonds is 5. The van der Waals surface area contributed by atoms with Crippen LogP contribution in [0.2, 0.25) is 0 Å². The van der Waals surface area contributed by atoms with Gasteiger partial charge in [0.2, 0.25) is 0 Å². The molecule has 6 heteroatoms. The van der Waals surface area contributed by atoms with Gasteiger partial charge in [-0.1, -0.05) is 56.3 Å². The fraction of sp³-hybridized carbons (Fsp3) is 0.375. The molecule has 1 heterocycles. The molecule has 1 N–H and O–H groups in total. The minimum atomic E-state index is -1.09. The molecule has 0 radical (unpaired) electrons. The normalized spacial score (nSPS) is 15.2. The van der Waals surface area contributed by atoms with Crippen molar-refractivity contribution in [2.75, 3.05) is 6.54 Å². The van der Waals surface area contributed by atoms with Crippen molar-refractivity contribution >= 4 is 17.9 Å². The van der Waals surface area contributed by atoms with E-state index in [1.807, 2.05) is 65.0 Å². The average molecular weight is 408 g/mol. The first-order valence-corrected chi connectivity index (χ1v) is 9.99. The van der Waals surface area contributed by atoms with Gasteiger partial charge in [-0.25, -0.2) is 4.79 Å². The third-order valence-corrected chi connectivity index (χ3v) is 5.83. The highest BCUT2D eigenvalue weighted by Crippen LogP contribution is 2.36. The van der Waals surface area contributed by atoms with Crippen LogP contribution in [0.15, 0.2) is 54.6 Å². The molecular weight excluding hydrogens is 380 g/mol. The molecule has 6 nitrogen and oxygen atoms in total. The molecule has 2 aromatic rings. The summed E-state index contributed by atoms with van der Waals surface area (Å²) in [5, 5.41) is 10.1. The van der Waals surface area contributed by atoms with Gasteiger partial charge in [0.1, 0.15) is 0 Å². The van der Waals surface area contributed by atoms with Crippen LogP contribution in [0.1, 0.15) is 60.9 Å². The molecule has 1 aliphatic rings. The molecule has 1 atom stereocenters. The molecule has 0 saturated heterocycles. The van der Waals surface area contributed by atoms with Crippen molar-refractivity contribution in [2.24, 2.45) is 0 Å². The first-order chi connectivity index (χ1) is 14.0. The van der Waals surface area contributed by atoms with Gasteiger partial charge in [0, 0.05) is 11.0 Å². The lowest BCUT2D eigenvalue weighted by atomic mass is 9.75. The predicted molar refractivity (Wildman–Crippen MR) is 115 cm³/mol. The predicted octanol–water partition coefficient (Wildman–Crippen LogP) is 4.41. The van der Waals surface area contributed by atoms with Crippen LogP contribution in [-0.4, -0.2) is 50.9 Å². The number of carbonyl (C=O) groups is 3. The standard InChI is InChI=1S/C24H28N2O4/c1-23(2,3)26(22(29)30)19(24(4,5)16-11-7-6-8-12-16)15-25-20(27)17-13-9-10-14-18(17)21(25)28/h6-14,19H,15H2,1-5H3,(H,29,30). The molecule has 1 aliphatic heterocycles. The largest absolute Gasteiger partial charge is 0.465 e. The van der Waals surface area contributed by atoms with Gasteiger partial charge in [-0.2, -0.15) is 0 Å². The lowest BCUT2D eigenvalue weighted by Gasteiger charge is -2.48. The first kappa shape index (κ1) is 21.6. The SMILES string of the molecule is CC(C)(c1ccccc1)C(CN1C(=O)c2ccccc2C1=O)N(C(=O)O)C(C)(C)C. The zero-order chi connectivity index (χ0) is 22.3. The highest BCUT2D eigenvalue weighted by molar-refractivity contribution is 6.21. The summed E-state index contributed by atoms with van der Waals surface area (Å²) in [5.41, 5.74) is 0.249. The molecule has 0 spiro atoms. The Morgan fingerprint density at radius 2 is 1.37 bits per heavy atom. The molecule has 158 valence electrons. The van der Waals surface area contributed by atoms with E-state index in [9.17, 15) is 19.5 Å². The van der Waals surface area contributed by atoms with Crippen molar-refractivity contribution in [1.82, 2.24) is 9.80 Å². The van der Waals surface area contributed by atoms with Gasteiger partial charge in [-0.05, 0) is 38.5 Å². The number of nitrogens with zero attached hydrogens (tertiary/aromatic N) is 2. The van der Waals surface area contributed by atoms with E-state index in [0.717, 1.165) is 5.56 Å². The minimum absolute atomic E-state index is 0.0299. The topological polar surface area (TPSA) is 77.9 Å². The second-order valence-electron chi connectivity index (χ2n) is 9.19. The molecule has 3 rings (SSSR count). The van der Waals surface area contributed by atoms with Crippen LogP contribution in [0.4, 0.5) is 4.79 Å². The van der Waals surface area contributed by atoms with Crippen molar-refractivity contribution in [3.05, 3.63) is 71.3 Å². The van der Waals surface area contributed by atoms with Crippen molar-refractivity contribution in [2.45, 2.75) is 51.6 Å². The lowest BCUT2D eigenvalue weighted by Crippen LogP contribution is -2.61. The van der Waals surface area contributed by atoms with E-state index in [1.54, 1.807) is 24.3 Å². The molecule has 3 amide bonds. The fourth-order valence-corrected chi connectivity index (χ4v) is 4.16. The molecule has 0 bridgehead atoms. The highest BCUT2D eigenvalue weighted by atomic mass is 16.4. The monoisotopic (exact) mass is 408 g/mol. The number of carboxylic acid groups (broad SMARTS) is 1. The van der Waals surface area contributed by atoms with Gasteiger partial charge >= 0.3 is 6.09 Å². The number of amides is 3. The van der Waals surface area contributed by atoms with Gasteiger partial charge in [0.15, 0.2) is 0 Å². The maximum absolute atomic E-state index is 13.0. The number of imide groups is 1. The summed E-state index contributed by atoms with van der Waals surface area (Å²) in [6.07, 6.45) is -1.09. The third kappa shape index (κ3) is 3.70. The Kier molecular flexibility index (Phi) is 5.46. The van der Waals surface area contributed by atoms with Crippen LogP contribution in [0.5, 0.6) is 0 Å². The van der Waals surface area contributed by atoms with E-state index in [2.05, 4.69) is 0 Å². The van der Waals surface area contributed by atoms with E-state index >= 15 is 0 Å². The number of hydrogen-bond acceptors (Lipinski definition) is 3. The maximum atomic E-state index is 13.0. The van der Waals surface area contributed by atoms with Crippen molar-refractivity contribution < 1.29 is 19.5 Å². The molecule has 30 heavy (non-hydrogen) atoms. The maximum Gasteiger partial charge on any atom is 0.408 e. The third-order valence-electron chi connectivity index (χ3n) is 5.83. The summed E-state index contributed by atoms with van der Waals surface area (Å²) in [7, 11) is 0. The second-order valence-corrected chi connectivity index (χ2v) is 9.19. The van der Waals surface area contributed by atoms with E-state index in [-0.39, 0.29) is 18.4 Å². The Balaban J connectivity index is 2.08. The van der Waals surface area contributed by atoms with Crippen LogP contribution in [-0.2, 0) is 5.41 Å². The zero-order valence-electron chi connectivity index (χ0n) is 18.0. The van der Waals surface area contributed by atoms with Crippen molar-refractivity contribution in [1.29, 1.82) is 0 Å². The van der Waals surface area contributed by atoms with Crippen LogP contribution in [0.25, 0.3) is 0 Å². The molecule has 0 aromatic heterocycles. The van der Waals surface area contributed by atoms with E-state index in [4.69, 9.17) is 0 Å². The van der Waals surface area contributed by atoms with Gasteiger partial charge in [-0.3, -0.25) is 19.4 Å². The molecule has 0 fully saturated rings. The first-order valence-electron chi connectivity index (χ1n) is 9.99. The molecule has 2 aromatic carbocycles. The Bertz CT molecular complexity index is 941. The van der Waals surface area contributed by atoms with E-state index in [0.29, 0.717) is 11.1 Å². The lowest BCUT2D eigenvalue weighted by molar-refractivity contribution is 0.0253. The summed E-state index contributed by atoms with van der Waals surface area (Å²) < 4.78 is 0. The van der Waals surface area contributed by atoms with Gasteiger partial charge < -0.3 is 5.11 Å². The summed E-state index contributed by atoms with van der Waals surface area (Å²) in [5.74, 6) is -0.771. The minimum Gasteiger partial charge on any atom is -0.465 e. The van der Waals surface area contributed by atoms with Crippen molar-refractivity contribution in [3.63, 3.8) is 0 Å². The van der Waals surface area contributed by atoms with E-state index in [1.165, 1.54) is 9.80 Å². The zero-order valence-corrected chi connectivity index (χ0v) is 18.0. The van der Waals surface area contributed by atoms with E-state index < -0.39 is 23.1 Å². The van der Waals surface area contributed by atoms with Gasteiger partial charge in [0.25, 0.3) is 11.8 Å². The molecule has 0 saturated carbocycles. The van der Waals surface area contributed by atoms with Gasteiger partial charge in [-0.15, -0.1) is 0 Å². The molecular formula is C24H28N2O4. The van der Waals surface area contributed by atoms with Gasteiger partial charge in [0.05, 0.1) is 23.7 Å². The summed E-state index contributed by atoms with van der Waals surface area (Å²) in [4.78, 5) is 40.9. The second kappa shape index (κ2) is 7.59. The summed E-state index contributed by atoms with van der Waals surface area (Å²) in [6.45, 7) is 9.32.